The van der Waals surface area contributed by atoms with Gasteiger partial charge in [0.05, 0.1) is 12.8 Å². The molecule has 1 atom stereocenters. The molecule has 3 heterocycles. The first-order chi connectivity index (χ1) is 16.9. The summed E-state index contributed by atoms with van der Waals surface area (Å²) < 4.78 is 22.9. The third kappa shape index (κ3) is 5.71. The maximum Gasteiger partial charge on any atom is 0.246 e. The van der Waals surface area contributed by atoms with Crippen molar-refractivity contribution in [3.63, 3.8) is 0 Å². The summed E-state index contributed by atoms with van der Waals surface area (Å²) in [6.45, 7) is 10.7. The Morgan fingerprint density at radius 1 is 1.31 bits per heavy atom. The molecule has 182 valence electrons. The van der Waals surface area contributed by atoms with E-state index in [-0.39, 0.29) is 11.7 Å². The van der Waals surface area contributed by atoms with Gasteiger partial charge in [0.2, 0.25) is 5.95 Å². The number of aryl methyl sites for hydroxylation is 1. The standard InChI is InChI=1S/C26H28ClFN6O/c1-5-19(28)8-7-18(3)21-10-6-17(2)12-13-34-25(21)31-26(32-34)30-20-9-11-22(23(14-20)35-4)33-15-24(27)29-16-33/h5,7-9,11,14-16,21H,2-3,6,10,12-13H2,1,4H3,(H,30,32). The molecule has 4 rings (SSSR count). The van der Waals surface area contributed by atoms with Crippen LogP contribution in [-0.2, 0) is 6.54 Å². The molecule has 0 fully saturated rings. The fraction of sp³-hybridized carbons (Fsp3) is 0.269. The Hall–Kier alpha value is -3.65. The first kappa shape index (κ1) is 24.5. The number of anilines is 2. The second-order valence-corrected chi connectivity index (χ2v) is 8.69. The van der Waals surface area contributed by atoms with E-state index in [4.69, 9.17) is 26.4 Å². The zero-order valence-electron chi connectivity index (χ0n) is 19.8. The van der Waals surface area contributed by atoms with Crippen LogP contribution in [0.1, 0.15) is 37.9 Å². The molecule has 0 amide bonds. The molecule has 1 aliphatic heterocycles. The van der Waals surface area contributed by atoms with E-state index < -0.39 is 0 Å². The van der Waals surface area contributed by atoms with Gasteiger partial charge in [-0.05, 0) is 50.0 Å². The molecule has 0 saturated carbocycles. The van der Waals surface area contributed by atoms with Gasteiger partial charge in [-0.25, -0.2) is 14.1 Å². The van der Waals surface area contributed by atoms with Gasteiger partial charge in [0.25, 0.3) is 0 Å². The normalized spacial score (nSPS) is 16.6. The molecular formula is C26H28ClFN6O. The predicted octanol–water partition coefficient (Wildman–Crippen LogP) is 6.68. The monoisotopic (exact) mass is 494 g/mol. The third-order valence-electron chi connectivity index (χ3n) is 5.92. The van der Waals surface area contributed by atoms with Gasteiger partial charge >= 0.3 is 0 Å². The molecule has 2 aromatic heterocycles. The van der Waals surface area contributed by atoms with Gasteiger partial charge in [0, 0.05) is 30.4 Å². The van der Waals surface area contributed by atoms with Crippen LogP contribution in [0.4, 0.5) is 16.0 Å². The van der Waals surface area contributed by atoms with Gasteiger partial charge in [-0.15, -0.1) is 5.10 Å². The molecule has 0 aliphatic carbocycles. The highest BCUT2D eigenvalue weighted by atomic mass is 35.5. The summed E-state index contributed by atoms with van der Waals surface area (Å²) in [7, 11) is 1.61. The number of ether oxygens (including phenoxy) is 1. The van der Waals surface area contributed by atoms with Crippen LogP contribution in [0.15, 0.2) is 79.1 Å². The Bertz CT molecular complexity index is 1300. The van der Waals surface area contributed by atoms with E-state index in [1.165, 1.54) is 12.2 Å². The summed E-state index contributed by atoms with van der Waals surface area (Å²) in [5.41, 5.74) is 3.51. The van der Waals surface area contributed by atoms with Crippen LogP contribution in [0, 0.1) is 0 Å². The minimum atomic E-state index is -0.305. The average Bonchev–Trinajstić information content (AvgIpc) is 3.45. The van der Waals surface area contributed by atoms with E-state index in [2.05, 4.69) is 23.5 Å². The Balaban J connectivity index is 1.62. The van der Waals surface area contributed by atoms with Crippen LogP contribution in [0.25, 0.3) is 5.69 Å². The number of imidazole rings is 1. The Labute approximate surface area is 209 Å². The van der Waals surface area contributed by atoms with Crippen LogP contribution in [-0.4, -0.2) is 31.4 Å². The number of aromatic nitrogens is 5. The molecule has 35 heavy (non-hydrogen) atoms. The third-order valence-corrected chi connectivity index (χ3v) is 6.12. The molecule has 1 aromatic carbocycles. The lowest BCUT2D eigenvalue weighted by atomic mass is 9.90. The first-order valence-corrected chi connectivity index (χ1v) is 11.7. The van der Waals surface area contributed by atoms with E-state index in [0.717, 1.165) is 47.6 Å². The van der Waals surface area contributed by atoms with Crippen LogP contribution in [0.5, 0.6) is 5.75 Å². The summed E-state index contributed by atoms with van der Waals surface area (Å²) in [5.74, 6) is 1.50. The van der Waals surface area contributed by atoms with Crippen LogP contribution >= 0.6 is 11.6 Å². The number of rotatable bonds is 7. The molecule has 1 aliphatic rings. The molecular weight excluding hydrogens is 467 g/mol. The summed E-state index contributed by atoms with van der Waals surface area (Å²) in [6.07, 6.45) is 10.4. The van der Waals surface area contributed by atoms with E-state index in [1.54, 1.807) is 37.2 Å². The lowest BCUT2D eigenvalue weighted by Gasteiger charge is -2.21. The summed E-state index contributed by atoms with van der Waals surface area (Å²) in [6, 6.07) is 5.67. The zero-order chi connectivity index (χ0) is 24.9. The molecule has 0 radical (unpaired) electrons. The zero-order valence-corrected chi connectivity index (χ0v) is 20.6. The molecule has 0 spiro atoms. The lowest BCUT2D eigenvalue weighted by molar-refractivity contribution is 0.413. The maximum atomic E-state index is 13.7. The highest BCUT2D eigenvalue weighted by Gasteiger charge is 2.24. The minimum Gasteiger partial charge on any atom is -0.494 e. The van der Waals surface area contributed by atoms with Crippen LogP contribution in [0.2, 0.25) is 5.15 Å². The Kier molecular flexibility index (Phi) is 7.51. The van der Waals surface area contributed by atoms with E-state index in [1.807, 2.05) is 22.9 Å². The predicted molar refractivity (Wildman–Crippen MR) is 137 cm³/mol. The van der Waals surface area contributed by atoms with Crippen molar-refractivity contribution in [2.75, 3.05) is 12.4 Å². The number of nitrogens with zero attached hydrogens (tertiary/aromatic N) is 5. The highest BCUT2D eigenvalue weighted by Crippen LogP contribution is 2.34. The lowest BCUT2D eigenvalue weighted by Crippen LogP contribution is -2.15. The molecule has 7 nitrogen and oxygen atoms in total. The highest BCUT2D eigenvalue weighted by molar-refractivity contribution is 6.29. The van der Waals surface area contributed by atoms with Crippen molar-refractivity contribution in [2.45, 2.75) is 38.6 Å². The van der Waals surface area contributed by atoms with Gasteiger partial charge in [0.1, 0.15) is 28.9 Å². The van der Waals surface area contributed by atoms with Gasteiger partial charge in [-0.2, -0.15) is 4.98 Å². The average molecular weight is 495 g/mol. The number of allylic oxidation sites excluding steroid dienone is 6. The SMILES string of the molecule is C=C1CCC(C(=C)C=CC(F)=CC)c2nc(Nc3ccc(-n4cnc(Cl)c4)c(OC)c3)nn2CC1. The van der Waals surface area contributed by atoms with Gasteiger partial charge in [-0.1, -0.05) is 42.5 Å². The van der Waals surface area contributed by atoms with Crippen molar-refractivity contribution in [3.05, 3.63) is 90.1 Å². The Morgan fingerprint density at radius 2 is 2.14 bits per heavy atom. The maximum absolute atomic E-state index is 13.7. The largest absolute Gasteiger partial charge is 0.494 e. The van der Waals surface area contributed by atoms with Crippen LogP contribution < -0.4 is 10.1 Å². The number of fused-ring (bicyclic) bond motifs is 1. The van der Waals surface area contributed by atoms with Crippen molar-refractivity contribution >= 4 is 23.2 Å². The van der Waals surface area contributed by atoms with Gasteiger partial charge in [-0.3, -0.25) is 0 Å². The summed E-state index contributed by atoms with van der Waals surface area (Å²) >= 11 is 5.96. The fourth-order valence-corrected chi connectivity index (χ4v) is 4.12. The number of hydrogen-bond donors (Lipinski definition) is 1. The summed E-state index contributed by atoms with van der Waals surface area (Å²) in [4.78, 5) is 8.85. The number of benzene rings is 1. The molecule has 1 unspecified atom stereocenters. The molecule has 9 heteroatoms. The van der Waals surface area contributed by atoms with E-state index >= 15 is 0 Å². The topological polar surface area (TPSA) is 69.8 Å². The number of hydrogen-bond acceptors (Lipinski definition) is 5. The molecule has 3 aromatic rings. The van der Waals surface area contributed by atoms with E-state index in [0.29, 0.717) is 23.4 Å². The second kappa shape index (κ2) is 10.7. The van der Waals surface area contributed by atoms with Crippen molar-refractivity contribution in [2.24, 2.45) is 0 Å². The van der Waals surface area contributed by atoms with Crippen LogP contribution in [0.3, 0.4) is 0 Å². The number of methoxy groups -OCH3 is 1. The molecule has 0 bridgehead atoms. The van der Waals surface area contributed by atoms with Crippen molar-refractivity contribution in [1.29, 1.82) is 0 Å². The van der Waals surface area contributed by atoms with Gasteiger partial charge in [0.15, 0.2) is 0 Å². The first-order valence-electron chi connectivity index (χ1n) is 11.3. The van der Waals surface area contributed by atoms with Crippen molar-refractivity contribution in [3.8, 4) is 11.4 Å². The fourth-order valence-electron chi connectivity index (χ4n) is 3.97. The smallest absolute Gasteiger partial charge is 0.246 e. The van der Waals surface area contributed by atoms with Crippen molar-refractivity contribution < 1.29 is 9.13 Å². The van der Waals surface area contributed by atoms with E-state index in [9.17, 15) is 4.39 Å². The summed E-state index contributed by atoms with van der Waals surface area (Å²) in [5, 5.41) is 8.37. The molecule has 0 saturated heterocycles. The quantitative estimate of drug-likeness (QED) is 0.293. The Morgan fingerprint density at radius 3 is 2.86 bits per heavy atom. The molecule has 1 N–H and O–H groups in total. The number of halogens is 2. The van der Waals surface area contributed by atoms with Gasteiger partial charge < -0.3 is 14.6 Å². The second-order valence-electron chi connectivity index (χ2n) is 8.31. The minimum absolute atomic E-state index is 0.0982. The van der Waals surface area contributed by atoms with Crippen molar-refractivity contribution in [1.82, 2.24) is 24.3 Å². The number of nitrogens with one attached hydrogen (secondary N) is 1.